The normalized spacial score (nSPS) is 25.1. The number of ether oxygens (including phenoxy) is 4. The largest absolute Gasteiger partial charge is 0.475 e. The SMILES string of the molecule is CC(=O)O[C@@H]1[C@@H](OC(C)=O)[C@H](OC(C)=O)CS[C@H]1Oc1ccccc1Br. The molecule has 0 bridgehead atoms. The molecule has 0 unspecified atom stereocenters. The standard InChI is InChI=1S/C17H19BrO7S/c1-9(19)22-14-8-26-17(25-13-7-5-4-6-12(13)18)16(24-11(3)21)15(14)23-10(2)20/h4-7,14-17H,8H2,1-3H3/t14-,15+,16-,17-/m1/s1. The first-order chi connectivity index (χ1) is 12.3. The van der Waals surface area contributed by atoms with Gasteiger partial charge < -0.3 is 18.9 Å². The molecule has 1 heterocycles. The van der Waals surface area contributed by atoms with Crippen molar-refractivity contribution in [3.63, 3.8) is 0 Å². The third kappa shape index (κ3) is 5.63. The monoisotopic (exact) mass is 446 g/mol. The molecule has 0 spiro atoms. The molecule has 0 aromatic heterocycles. The van der Waals surface area contributed by atoms with Crippen molar-refractivity contribution in [2.45, 2.75) is 44.5 Å². The van der Waals surface area contributed by atoms with Crippen molar-refractivity contribution in [2.75, 3.05) is 5.75 Å². The number of hydrogen-bond donors (Lipinski definition) is 0. The van der Waals surface area contributed by atoms with E-state index in [4.69, 9.17) is 18.9 Å². The average molecular weight is 447 g/mol. The van der Waals surface area contributed by atoms with Crippen LogP contribution in [0.3, 0.4) is 0 Å². The summed E-state index contributed by atoms with van der Waals surface area (Å²) in [4.78, 5) is 34.5. The molecule has 0 amide bonds. The van der Waals surface area contributed by atoms with Gasteiger partial charge in [0.1, 0.15) is 5.75 Å². The Balaban J connectivity index is 2.29. The Hall–Kier alpha value is -1.74. The minimum atomic E-state index is -0.964. The topological polar surface area (TPSA) is 88.1 Å². The molecule has 0 radical (unpaired) electrons. The Morgan fingerprint density at radius 2 is 1.54 bits per heavy atom. The van der Waals surface area contributed by atoms with Gasteiger partial charge in [-0.15, -0.1) is 11.8 Å². The molecule has 142 valence electrons. The fourth-order valence-corrected chi connectivity index (χ4v) is 4.06. The predicted molar refractivity (Wildman–Crippen MR) is 97.7 cm³/mol. The molecule has 0 saturated carbocycles. The summed E-state index contributed by atoms with van der Waals surface area (Å²) in [6.45, 7) is 3.75. The van der Waals surface area contributed by atoms with Gasteiger partial charge in [-0.25, -0.2) is 0 Å². The molecule has 4 atom stereocenters. The Bertz CT molecular complexity index is 681. The van der Waals surface area contributed by atoms with E-state index in [0.29, 0.717) is 11.5 Å². The molecule has 1 aliphatic rings. The number of carbonyl (C=O) groups excluding carboxylic acids is 3. The lowest BCUT2D eigenvalue weighted by atomic mass is 10.1. The number of halogens is 1. The number of carbonyl (C=O) groups is 3. The van der Waals surface area contributed by atoms with Crippen LogP contribution in [0.1, 0.15) is 20.8 Å². The van der Waals surface area contributed by atoms with Gasteiger partial charge in [-0.3, -0.25) is 14.4 Å². The number of benzene rings is 1. The third-order valence-corrected chi connectivity index (χ3v) is 5.25. The lowest BCUT2D eigenvalue weighted by Gasteiger charge is -2.40. The van der Waals surface area contributed by atoms with E-state index in [1.807, 2.05) is 12.1 Å². The molecule has 0 N–H and O–H groups in total. The molecule has 1 saturated heterocycles. The van der Waals surface area contributed by atoms with Crippen LogP contribution in [0, 0.1) is 0 Å². The van der Waals surface area contributed by atoms with Gasteiger partial charge in [-0.2, -0.15) is 0 Å². The lowest BCUT2D eigenvalue weighted by molar-refractivity contribution is -0.186. The molecule has 9 heteroatoms. The van der Waals surface area contributed by atoms with E-state index in [1.165, 1.54) is 32.5 Å². The van der Waals surface area contributed by atoms with Crippen LogP contribution in [-0.4, -0.2) is 47.4 Å². The third-order valence-electron chi connectivity index (χ3n) is 3.38. The maximum atomic E-state index is 11.6. The zero-order valence-corrected chi connectivity index (χ0v) is 16.9. The highest BCUT2D eigenvalue weighted by Gasteiger charge is 2.47. The van der Waals surface area contributed by atoms with Gasteiger partial charge in [0.15, 0.2) is 23.7 Å². The van der Waals surface area contributed by atoms with E-state index in [0.717, 1.165) is 4.47 Å². The van der Waals surface area contributed by atoms with E-state index in [-0.39, 0.29) is 0 Å². The summed E-state index contributed by atoms with van der Waals surface area (Å²) < 4.78 is 22.6. The highest BCUT2D eigenvalue weighted by molar-refractivity contribution is 9.10. The number of thioether (sulfide) groups is 1. The van der Waals surface area contributed by atoms with Crippen LogP contribution in [0.5, 0.6) is 5.75 Å². The van der Waals surface area contributed by atoms with Crippen LogP contribution in [0.25, 0.3) is 0 Å². The maximum Gasteiger partial charge on any atom is 0.303 e. The lowest BCUT2D eigenvalue weighted by Crippen LogP contribution is -2.55. The molecular weight excluding hydrogens is 428 g/mol. The zero-order valence-electron chi connectivity index (χ0n) is 14.5. The summed E-state index contributed by atoms with van der Waals surface area (Å²) in [5.41, 5.74) is -0.645. The molecule has 0 aliphatic carbocycles. The second kappa shape index (κ2) is 9.27. The first-order valence-corrected chi connectivity index (χ1v) is 9.66. The van der Waals surface area contributed by atoms with Crippen LogP contribution >= 0.6 is 27.7 Å². The van der Waals surface area contributed by atoms with Crippen LogP contribution in [0.4, 0.5) is 0 Å². The van der Waals surface area contributed by atoms with Crippen LogP contribution < -0.4 is 4.74 Å². The van der Waals surface area contributed by atoms with Gasteiger partial charge in [-0.05, 0) is 28.1 Å². The molecule has 1 fully saturated rings. The highest BCUT2D eigenvalue weighted by atomic mass is 79.9. The van der Waals surface area contributed by atoms with E-state index in [2.05, 4.69) is 15.9 Å². The van der Waals surface area contributed by atoms with Crippen molar-refractivity contribution in [1.29, 1.82) is 0 Å². The van der Waals surface area contributed by atoms with Gasteiger partial charge in [0.05, 0.1) is 4.47 Å². The first-order valence-electron chi connectivity index (χ1n) is 7.82. The summed E-state index contributed by atoms with van der Waals surface area (Å²) in [5.74, 6) is -0.772. The molecule has 2 rings (SSSR count). The minimum Gasteiger partial charge on any atom is -0.475 e. The summed E-state index contributed by atoms with van der Waals surface area (Å²) in [7, 11) is 0. The summed E-state index contributed by atoms with van der Waals surface area (Å²) in [6.07, 6.45) is -2.65. The number of rotatable bonds is 5. The molecular formula is C17H19BrO7S. The van der Waals surface area contributed by atoms with Gasteiger partial charge in [0.25, 0.3) is 0 Å². The van der Waals surface area contributed by atoms with Crippen LogP contribution in [0.2, 0.25) is 0 Å². The Labute approximate surface area is 163 Å². The number of hydrogen-bond acceptors (Lipinski definition) is 8. The molecule has 1 aromatic rings. The minimum absolute atomic E-state index is 0.324. The van der Waals surface area contributed by atoms with Crippen molar-refractivity contribution < 1.29 is 33.3 Å². The van der Waals surface area contributed by atoms with E-state index >= 15 is 0 Å². The predicted octanol–water partition coefficient (Wildman–Crippen LogP) is 2.70. The first kappa shape index (κ1) is 20.6. The van der Waals surface area contributed by atoms with E-state index in [9.17, 15) is 14.4 Å². The van der Waals surface area contributed by atoms with Crippen LogP contribution in [-0.2, 0) is 28.6 Å². The zero-order chi connectivity index (χ0) is 19.3. The van der Waals surface area contributed by atoms with Crippen molar-refractivity contribution in [3.05, 3.63) is 28.7 Å². The summed E-state index contributed by atoms with van der Waals surface area (Å²) >= 11 is 4.71. The molecule has 1 aromatic carbocycles. The van der Waals surface area contributed by atoms with Gasteiger partial charge in [0, 0.05) is 26.5 Å². The van der Waals surface area contributed by atoms with Crippen LogP contribution in [0.15, 0.2) is 28.7 Å². The number of para-hydroxylation sites is 1. The van der Waals surface area contributed by atoms with Crippen molar-refractivity contribution in [2.24, 2.45) is 0 Å². The van der Waals surface area contributed by atoms with Gasteiger partial charge >= 0.3 is 17.9 Å². The van der Waals surface area contributed by atoms with Crippen molar-refractivity contribution in [1.82, 2.24) is 0 Å². The van der Waals surface area contributed by atoms with Gasteiger partial charge in [-0.1, -0.05) is 12.1 Å². The molecule has 7 nitrogen and oxygen atoms in total. The molecule has 1 aliphatic heterocycles. The Kier molecular flexibility index (Phi) is 7.33. The fraction of sp³-hybridized carbons (Fsp3) is 0.471. The smallest absolute Gasteiger partial charge is 0.303 e. The maximum absolute atomic E-state index is 11.6. The average Bonchev–Trinajstić information content (AvgIpc) is 2.53. The Morgan fingerprint density at radius 1 is 0.962 bits per heavy atom. The second-order valence-electron chi connectivity index (χ2n) is 5.55. The van der Waals surface area contributed by atoms with E-state index < -0.39 is 41.7 Å². The van der Waals surface area contributed by atoms with Gasteiger partial charge in [0.2, 0.25) is 0 Å². The van der Waals surface area contributed by atoms with Crippen molar-refractivity contribution in [3.8, 4) is 5.75 Å². The Morgan fingerprint density at radius 3 is 2.12 bits per heavy atom. The summed E-state index contributed by atoms with van der Waals surface area (Å²) in [6, 6.07) is 7.22. The summed E-state index contributed by atoms with van der Waals surface area (Å²) in [5, 5.41) is 0. The quantitative estimate of drug-likeness (QED) is 0.503. The second-order valence-corrected chi connectivity index (χ2v) is 7.53. The molecule has 26 heavy (non-hydrogen) atoms. The van der Waals surface area contributed by atoms with Crippen molar-refractivity contribution >= 4 is 45.6 Å². The van der Waals surface area contributed by atoms with E-state index in [1.54, 1.807) is 12.1 Å². The number of esters is 3. The fourth-order valence-electron chi connectivity index (χ4n) is 2.48. The highest BCUT2D eigenvalue weighted by Crippen LogP contribution is 2.36.